The molecule has 0 radical (unpaired) electrons. The van der Waals surface area contributed by atoms with E-state index in [1.165, 1.54) is 6.20 Å². The van der Waals surface area contributed by atoms with Gasteiger partial charge in [-0.2, -0.15) is 0 Å². The molecular formula is C20H22ClN3O2. The smallest absolute Gasteiger partial charge is 0.274 e. The summed E-state index contributed by atoms with van der Waals surface area (Å²) in [5.41, 5.74) is 1.20. The molecule has 0 bridgehead atoms. The quantitative estimate of drug-likeness (QED) is 0.866. The van der Waals surface area contributed by atoms with Gasteiger partial charge in [0.15, 0.2) is 0 Å². The van der Waals surface area contributed by atoms with E-state index in [4.69, 9.17) is 11.6 Å². The Labute approximate surface area is 158 Å². The van der Waals surface area contributed by atoms with Crippen LogP contribution in [0, 0.1) is 0 Å². The second-order valence-electron chi connectivity index (χ2n) is 6.42. The highest BCUT2D eigenvalue weighted by molar-refractivity contribution is 6.33. The fourth-order valence-corrected chi connectivity index (χ4v) is 3.48. The van der Waals surface area contributed by atoms with Crippen LogP contribution in [-0.2, 0) is 0 Å². The molecule has 1 aliphatic heterocycles. The summed E-state index contributed by atoms with van der Waals surface area (Å²) in [6, 6.07) is 10.5. The van der Waals surface area contributed by atoms with Gasteiger partial charge in [0, 0.05) is 24.3 Å². The Bertz CT molecular complexity index is 809. The number of carbonyl (C=O) groups is 2. The summed E-state index contributed by atoms with van der Waals surface area (Å²) in [5.74, 6) is -0.427. The molecule has 26 heavy (non-hydrogen) atoms. The lowest BCUT2D eigenvalue weighted by molar-refractivity contribution is 0.0608. The highest BCUT2D eigenvalue weighted by Gasteiger charge is 2.26. The maximum Gasteiger partial charge on any atom is 0.274 e. The molecule has 2 amide bonds. The Balaban J connectivity index is 1.78. The van der Waals surface area contributed by atoms with Gasteiger partial charge < -0.3 is 10.2 Å². The molecule has 1 atom stereocenters. The number of aromatic nitrogens is 1. The number of rotatable bonds is 4. The van der Waals surface area contributed by atoms with Gasteiger partial charge >= 0.3 is 0 Å². The number of piperidine rings is 1. The van der Waals surface area contributed by atoms with Gasteiger partial charge in [0.2, 0.25) is 0 Å². The summed E-state index contributed by atoms with van der Waals surface area (Å²) in [6.45, 7) is 2.87. The standard InChI is InChI=1S/C20H22ClN3O2/c1-2-15-7-5-6-12-24(15)20(26)14-10-11-22-18(13-14)19(25)23-17-9-4-3-8-16(17)21/h3-4,8-11,13,15H,2,5-7,12H2,1H3,(H,23,25). The van der Waals surface area contributed by atoms with Crippen molar-refractivity contribution in [1.29, 1.82) is 0 Å². The van der Waals surface area contributed by atoms with Crippen LogP contribution in [0.5, 0.6) is 0 Å². The summed E-state index contributed by atoms with van der Waals surface area (Å²) >= 11 is 6.08. The van der Waals surface area contributed by atoms with E-state index < -0.39 is 5.91 Å². The predicted molar refractivity (Wildman–Crippen MR) is 103 cm³/mol. The third-order valence-electron chi connectivity index (χ3n) is 4.72. The maximum absolute atomic E-state index is 12.9. The van der Waals surface area contributed by atoms with E-state index in [0.717, 1.165) is 32.2 Å². The number of nitrogens with zero attached hydrogens (tertiary/aromatic N) is 2. The minimum atomic E-state index is -0.390. The number of hydrogen-bond donors (Lipinski definition) is 1. The fourth-order valence-electron chi connectivity index (χ4n) is 3.29. The highest BCUT2D eigenvalue weighted by Crippen LogP contribution is 2.23. The lowest BCUT2D eigenvalue weighted by Gasteiger charge is -2.35. The third-order valence-corrected chi connectivity index (χ3v) is 5.05. The summed E-state index contributed by atoms with van der Waals surface area (Å²) in [7, 11) is 0. The molecule has 0 aliphatic carbocycles. The molecule has 2 aromatic rings. The van der Waals surface area contributed by atoms with E-state index in [-0.39, 0.29) is 17.6 Å². The monoisotopic (exact) mass is 371 g/mol. The van der Waals surface area contributed by atoms with E-state index in [9.17, 15) is 9.59 Å². The number of benzene rings is 1. The minimum Gasteiger partial charge on any atom is -0.336 e. The Kier molecular flexibility index (Phi) is 5.89. The Morgan fingerprint density at radius 1 is 1.27 bits per heavy atom. The van der Waals surface area contributed by atoms with Gasteiger partial charge in [0.1, 0.15) is 5.69 Å². The maximum atomic E-state index is 12.9. The minimum absolute atomic E-state index is 0.0363. The highest BCUT2D eigenvalue weighted by atomic mass is 35.5. The van der Waals surface area contributed by atoms with Crippen molar-refractivity contribution in [3.63, 3.8) is 0 Å². The average Bonchev–Trinajstić information content (AvgIpc) is 2.69. The topological polar surface area (TPSA) is 62.3 Å². The first-order valence-electron chi connectivity index (χ1n) is 8.93. The lowest BCUT2D eigenvalue weighted by Crippen LogP contribution is -2.43. The Hall–Kier alpha value is -2.40. The number of hydrogen-bond acceptors (Lipinski definition) is 3. The van der Waals surface area contributed by atoms with Gasteiger partial charge in [-0.1, -0.05) is 30.7 Å². The van der Waals surface area contributed by atoms with Crippen LogP contribution in [0.25, 0.3) is 0 Å². The van der Waals surface area contributed by atoms with Gasteiger partial charge in [-0.15, -0.1) is 0 Å². The molecule has 1 aromatic carbocycles. The Morgan fingerprint density at radius 2 is 2.08 bits per heavy atom. The molecule has 3 rings (SSSR count). The number of likely N-dealkylation sites (tertiary alicyclic amines) is 1. The number of anilines is 1. The fraction of sp³-hybridized carbons (Fsp3) is 0.350. The number of halogens is 1. The summed E-state index contributed by atoms with van der Waals surface area (Å²) in [4.78, 5) is 31.4. The first-order chi connectivity index (χ1) is 12.6. The lowest BCUT2D eigenvalue weighted by atomic mass is 9.99. The van der Waals surface area contributed by atoms with Gasteiger partial charge in [-0.05, 0) is 49.9 Å². The van der Waals surface area contributed by atoms with E-state index in [2.05, 4.69) is 17.2 Å². The van der Waals surface area contributed by atoms with Crippen molar-refractivity contribution in [3.05, 3.63) is 58.9 Å². The van der Waals surface area contributed by atoms with Crippen LogP contribution in [0.2, 0.25) is 5.02 Å². The van der Waals surface area contributed by atoms with E-state index in [1.54, 1.807) is 36.4 Å². The first kappa shape index (κ1) is 18.4. The molecule has 1 saturated heterocycles. The van der Waals surface area contributed by atoms with Crippen LogP contribution in [0.15, 0.2) is 42.6 Å². The van der Waals surface area contributed by atoms with Gasteiger partial charge in [0.25, 0.3) is 11.8 Å². The van der Waals surface area contributed by atoms with Crippen molar-refractivity contribution in [2.24, 2.45) is 0 Å². The number of para-hydroxylation sites is 1. The molecule has 0 saturated carbocycles. The molecule has 5 nitrogen and oxygen atoms in total. The van der Waals surface area contributed by atoms with Gasteiger partial charge in [-0.25, -0.2) is 0 Å². The summed E-state index contributed by atoms with van der Waals surface area (Å²) < 4.78 is 0. The van der Waals surface area contributed by atoms with Crippen LogP contribution in [0.1, 0.15) is 53.5 Å². The van der Waals surface area contributed by atoms with Gasteiger partial charge in [-0.3, -0.25) is 14.6 Å². The molecule has 2 heterocycles. The molecule has 1 aromatic heterocycles. The van der Waals surface area contributed by atoms with E-state index in [1.807, 2.05) is 4.90 Å². The zero-order chi connectivity index (χ0) is 18.5. The normalized spacial score (nSPS) is 17.0. The molecule has 0 spiro atoms. The predicted octanol–water partition coefficient (Wildman–Crippen LogP) is 4.39. The van der Waals surface area contributed by atoms with Crippen molar-refractivity contribution in [2.45, 2.75) is 38.6 Å². The summed E-state index contributed by atoms with van der Waals surface area (Å²) in [5, 5.41) is 3.18. The van der Waals surface area contributed by atoms with Crippen molar-refractivity contribution < 1.29 is 9.59 Å². The molecule has 136 valence electrons. The van der Waals surface area contributed by atoms with Crippen LogP contribution in [0.4, 0.5) is 5.69 Å². The number of nitrogens with one attached hydrogen (secondary N) is 1. The van der Waals surface area contributed by atoms with Crippen molar-refractivity contribution in [3.8, 4) is 0 Å². The molecule has 1 N–H and O–H groups in total. The third kappa shape index (κ3) is 4.05. The summed E-state index contributed by atoms with van der Waals surface area (Å²) in [6.07, 6.45) is 5.65. The number of pyridine rings is 1. The van der Waals surface area contributed by atoms with Crippen molar-refractivity contribution >= 4 is 29.1 Å². The zero-order valence-corrected chi connectivity index (χ0v) is 15.5. The Morgan fingerprint density at radius 3 is 2.85 bits per heavy atom. The van der Waals surface area contributed by atoms with Crippen LogP contribution < -0.4 is 5.32 Å². The SMILES string of the molecule is CCC1CCCCN1C(=O)c1ccnc(C(=O)Nc2ccccc2Cl)c1. The molecule has 6 heteroatoms. The average molecular weight is 372 g/mol. The van der Waals surface area contributed by atoms with Crippen LogP contribution in [-0.4, -0.2) is 34.3 Å². The molecule has 1 aliphatic rings. The second kappa shape index (κ2) is 8.32. The van der Waals surface area contributed by atoms with Gasteiger partial charge in [0.05, 0.1) is 10.7 Å². The molecular weight excluding hydrogens is 350 g/mol. The number of amides is 2. The molecule has 1 fully saturated rings. The molecule has 1 unspecified atom stereocenters. The van der Waals surface area contributed by atoms with E-state index >= 15 is 0 Å². The first-order valence-corrected chi connectivity index (χ1v) is 9.31. The second-order valence-corrected chi connectivity index (χ2v) is 6.83. The van der Waals surface area contributed by atoms with Crippen LogP contribution in [0.3, 0.4) is 0 Å². The van der Waals surface area contributed by atoms with Crippen molar-refractivity contribution in [1.82, 2.24) is 9.88 Å². The van der Waals surface area contributed by atoms with Crippen LogP contribution >= 0.6 is 11.6 Å². The largest absolute Gasteiger partial charge is 0.336 e. The number of carbonyl (C=O) groups excluding carboxylic acids is 2. The zero-order valence-electron chi connectivity index (χ0n) is 14.7. The van der Waals surface area contributed by atoms with Crippen molar-refractivity contribution in [2.75, 3.05) is 11.9 Å². The van der Waals surface area contributed by atoms with E-state index in [0.29, 0.717) is 16.3 Å².